The van der Waals surface area contributed by atoms with Crippen molar-refractivity contribution in [2.75, 3.05) is 0 Å². The number of hydrogen-bond acceptors (Lipinski definition) is 3. The number of aliphatic hydroxyl groups is 1. The molecule has 0 spiro atoms. The Morgan fingerprint density at radius 1 is 1.83 bits per heavy atom. The quantitative estimate of drug-likeness (QED) is 0.258. The molecule has 4 nitrogen and oxygen atoms in total. The SMILES string of the molecule is O=[N+]([O-])C1(O)C=CC(Br)=CC1I. The molecule has 1 N–H and O–H groups in total. The zero-order chi connectivity index (χ0) is 9.35. The molecule has 0 bridgehead atoms. The van der Waals surface area contributed by atoms with E-state index in [2.05, 4.69) is 15.9 Å². The predicted molar refractivity (Wildman–Crippen MR) is 55.9 cm³/mol. The fraction of sp³-hybridized carbons (Fsp3) is 0.333. The van der Waals surface area contributed by atoms with Crippen molar-refractivity contribution in [2.24, 2.45) is 0 Å². The molecule has 0 aromatic heterocycles. The third-order valence-electron chi connectivity index (χ3n) is 1.49. The van der Waals surface area contributed by atoms with Crippen LogP contribution in [0.3, 0.4) is 0 Å². The molecule has 0 saturated carbocycles. The van der Waals surface area contributed by atoms with Gasteiger partial charge in [0.2, 0.25) is 0 Å². The number of nitro groups is 1. The molecule has 0 radical (unpaired) electrons. The van der Waals surface area contributed by atoms with Gasteiger partial charge in [0.05, 0.1) is 4.92 Å². The fourth-order valence-electron chi connectivity index (χ4n) is 0.774. The van der Waals surface area contributed by atoms with Crippen LogP contribution < -0.4 is 0 Å². The maximum Gasteiger partial charge on any atom is 0.357 e. The molecule has 0 aromatic rings. The van der Waals surface area contributed by atoms with Gasteiger partial charge in [0.1, 0.15) is 3.92 Å². The van der Waals surface area contributed by atoms with E-state index < -0.39 is 14.6 Å². The molecule has 12 heavy (non-hydrogen) atoms. The monoisotopic (exact) mass is 345 g/mol. The lowest BCUT2D eigenvalue weighted by Crippen LogP contribution is -2.44. The third-order valence-corrected chi connectivity index (χ3v) is 3.30. The van der Waals surface area contributed by atoms with Crippen molar-refractivity contribution in [1.82, 2.24) is 0 Å². The van der Waals surface area contributed by atoms with Crippen molar-refractivity contribution in [3.8, 4) is 0 Å². The van der Waals surface area contributed by atoms with E-state index >= 15 is 0 Å². The first-order valence-corrected chi connectivity index (χ1v) is 5.08. The molecule has 2 unspecified atom stereocenters. The molecule has 2 atom stereocenters. The Kier molecular flexibility index (Phi) is 2.89. The zero-order valence-electron chi connectivity index (χ0n) is 5.78. The minimum Gasteiger partial charge on any atom is -0.326 e. The second-order valence-corrected chi connectivity index (χ2v) is 4.58. The summed E-state index contributed by atoms with van der Waals surface area (Å²) in [7, 11) is 0. The maximum atomic E-state index is 10.4. The molecule has 66 valence electrons. The van der Waals surface area contributed by atoms with E-state index in [0.717, 1.165) is 4.48 Å². The fourth-order valence-corrected chi connectivity index (χ4v) is 2.49. The van der Waals surface area contributed by atoms with Gasteiger partial charge in [-0.05, 0) is 12.2 Å². The number of allylic oxidation sites excluding steroid dienone is 2. The first-order chi connectivity index (χ1) is 5.47. The van der Waals surface area contributed by atoms with E-state index in [0.29, 0.717) is 0 Å². The zero-order valence-corrected chi connectivity index (χ0v) is 9.52. The van der Waals surface area contributed by atoms with Crippen molar-refractivity contribution < 1.29 is 10.0 Å². The number of rotatable bonds is 1. The van der Waals surface area contributed by atoms with Gasteiger partial charge in [-0.25, -0.2) is 0 Å². The maximum absolute atomic E-state index is 10.4. The van der Waals surface area contributed by atoms with Gasteiger partial charge in [-0.15, -0.1) is 0 Å². The molecule has 0 aromatic carbocycles. The average molecular weight is 346 g/mol. The van der Waals surface area contributed by atoms with Gasteiger partial charge in [-0.2, -0.15) is 0 Å². The van der Waals surface area contributed by atoms with Crippen molar-refractivity contribution in [3.05, 3.63) is 32.8 Å². The first-order valence-electron chi connectivity index (χ1n) is 3.04. The minimum absolute atomic E-state index is 0.551. The van der Waals surface area contributed by atoms with Crippen LogP contribution in [0.25, 0.3) is 0 Å². The highest BCUT2D eigenvalue weighted by molar-refractivity contribution is 14.1. The Bertz CT molecular complexity index is 278. The Balaban J connectivity index is 2.99. The summed E-state index contributed by atoms with van der Waals surface area (Å²) in [6, 6.07) is 0. The molecule has 0 heterocycles. The normalized spacial score (nSPS) is 34.6. The van der Waals surface area contributed by atoms with Crippen LogP contribution >= 0.6 is 38.5 Å². The van der Waals surface area contributed by atoms with Gasteiger partial charge in [0.25, 0.3) is 0 Å². The third kappa shape index (κ3) is 1.69. The second-order valence-electron chi connectivity index (χ2n) is 2.33. The van der Waals surface area contributed by atoms with Crippen LogP contribution in [0.5, 0.6) is 0 Å². The Morgan fingerprint density at radius 2 is 2.42 bits per heavy atom. The Labute approximate surface area is 90.8 Å². The Morgan fingerprint density at radius 3 is 2.83 bits per heavy atom. The van der Waals surface area contributed by atoms with E-state index in [1.165, 1.54) is 12.2 Å². The summed E-state index contributed by atoms with van der Waals surface area (Å²) in [6.07, 6.45) is 4.23. The van der Waals surface area contributed by atoms with Crippen LogP contribution in [0.15, 0.2) is 22.7 Å². The van der Waals surface area contributed by atoms with Crippen molar-refractivity contribution in [3.63, 3.8) is 0 Å². The summed E-state index contributed by atoms with van der Waals surface area (Å²) < 4.78 is 0.192. The largest absolute Gasteiger partial charge is 0.357 e. The van der Waals surface area contributed by atoms with Gasteiger partial charge in [-0.1, -0.05) is 38.5 Å². The lowest BCUT2D eigenvalue weighted by Gasteiger charge is -2.21. The summed E-state index contributed by atoms with van der Waals surface area (Å²) >= 11 is 4.98. The molecule has 0 aliphatic heterocycles. The van der Waals surface area contributed by atoms with Crippen LogP contribution in [0, 0.1) is 10.1 Å². The molecular weight excluding hydrogens is 341 g/mol. The highest BCUT2D eigenvalue weighted by atomic mass is 127. The van der Waals surface area contributed by atoms with Gasteiger partial charge in [-0.3, -0.25) is 10.1 Å². The summed E-state index contributed by atoms with van der Waals surface area (Å²) in [5.74, 6) is 0. The van der Waals surface area contributed by atoms with Gasteiger partial charge >= 0.3 is 5.72 Å². The lowest BCUT2D eigenvalue weighted by molar-refractivity contribution is -0.604. The second kappa shape index (κ2) is 3.43. The van der Waals surface area contributed by atoms with E-state index in [1.807, 2.05) is 22.6 Å². The number of hydrogen-bond donors (Lipinski definition) is 1. The van der Waals surface area contributed by atoms with Crippen LogP contribution in [0.2, 0.25) is 0 Å². The van der Waals surface area contributed by atoms with E-state index in [-0.39, 0.29) is 0 Å². The number of nitrogens with zero attached hydrogens (tertiary/aromatic N) is 1. The van der Waals surface area contributed by atoms with E-state index in [9.17, 15) is 15.2 Å². The smallest absolute Gasteiger partial charge is 0.326 e. The number of alkyl halides is 1. The molecular formula is C6H5BrINO3. The van der Waals surface area contributed by atoms with Crippen molar-refractivity contribution >= 4 is 38.5 Å². The topological polar surface area (TPSA) is 63.4 Å². The predicted octanol–water partition coefficient (Wildman–Crippen LogP) is 1.60. The van der Waals surface area contributed by atoms with Crippen LogP contribution in [0.4, 0.5) is 0 Å². The van der Waals surface area contributed by atoms with E-state index in [4.69, 9.17) is 0 Å². The molecule has 0 amide bonds. The standard InChI is InChI=1S/C6H5BrINO3/c7-4-1-2-6(10,9(11)12)5(8)3-4/h1-3,5,10H. The highest BCUT2D eigenvalue weighted by Crippen LogP contribution is 2.30. The average Bonchev–Trinajstić information content (AvgIpc) is 1.97. The molecule has 1 aliphatic rings. The minimum atomic E-state index is -1.96. The molecule has 0 fully saturated rings. The molecule has 0 saturated heterocycles. The Hall–Kier alpha value is 0.0500. The lowest BCUT2D eigenvalue weighted by atomic mass is 10.1. The number of halogens is 2. The van der Waals surface area contributed by atoms with Crippen LogP contribution in [-0.4, -0.2) is 19.7 Å². The van der Waals surface area contributed by atoms with Gasteiger partial charge in [0, 0.05) is 10.6 Å². The van der Waals surface area contributed by atoms with Crippen LogP contribution in [0.1, 0.15) is 0 Å². The highest BCUT2D eigenvalue weighted by Gasteiger charge is 2.45. The summed E-state index contributed by atoms with van der Waals surface area (Å²) in [5, 5.41) is 19.9. The van der Waals surface area contributed by atoms with Gasteiger partial charge in [0.15, 0.2) is 0 Å². The molecule has 1 aliphatic carbocycles. The summed E-state index contributed by atoms with van der Waals surface area (Å²) in [4.78, 5) is 9.75. The summed E-state index contributed by atoms with van der Waals surface area (Å²) in [5.41, 5.74) is -1.96. The van der Waals surface area contributed by atoms with Crippen LogP contribution in [-0.2, 0) is 0 Å². The first kappa shape index (κ1) is 10.1. The van der Waals surface area contributed by atoms with Crippen molar-refractivity contribution in [1.29, 1.82) is 0 Å². The molecule has 6 heteroatoms. The van der Waals surface area contributed by atoms with E-state index in [1.54, 1.807) is 6.08 Å². The van der Waals surface area contributed by atoms with Gasteiger partial charge < -0.3 is 5.11 Å². The molecule has 1 rings (SSSR count). The summed E-state index contributed by atoms with van der Waals surface area (Å²) in [6.45, 7) is 0. The van der Waals surface area contributed by atoms with Crippen molar-refractivity contribution in [2.45, 2.75) is 9.65 Å².